The second kappa shape index (κ2) is 7.81. The van der Waals surface area contributed by atoms with Crippen molar-refractivity contribution in [2.75, 3.05) is 13.1 Å². The topological polar surface area (TPSA) is 62.4 Å². The first-order chi connectivity index (χ1) is 12.8. The number of nitrogens with zero attached hydrogens (tertiary/aromatic N) is 3. The van der Waals surface area contributed by atoms with Crippen molar-refractivity contribution in [2.24, 2.45) is 5.92 Å². The summed E-state index contributed by atoms with van der Waals surface area (Å²) in [7, 11) is 0. The third kappa shape index (κ3) is 3.84. The summed E-state index contributed by atoms with van der Waals surface area (Å²) in [4.78, 5) is 2.32. The fourth-order valence-electron chi connectivity index (χ4n) is 3.56. The molecule has 1 aliphatic rings. The first-order valence-corrected chi connectivity index (χ1v) is 9.13. The first kappa shape index (κ1) is 16.9. The summed E-state index contributed by atoms with van der Waals surface area (Å²) in [5.41, 5.74) is 1.95. The van der Waals surface area contributed by atoms with Crippen molar-refractivity contribution in [3.8, 4) is 11.5 Å². The molecule has 0 amide bonds. The van der Waals surface area contributed by atoms with E-state index in [0.29, 0.717) is 24.2 Å². The molecule has 5 nitrogen and oxygen atoms in total. The third-order valence-corrected chi connectivity index (χ3v) is 5.07. The lowest BCUT2D eigenvalue weighted by molar-refractivity contribution is 0.0544. The minimum Gasteiger partial charge on any atom is -0.419 e. The Kier molecular flexibility index (Phi) is 5.09. The van der Waals surface area contributed by atoms with Crippen LogP contribution in [0.1, 0.15) is 30.4 Å². The van der Waals surface area contributed by atoms with Crippen LogP contribution in [0, 0.1) is 5.92 Å². The molecule has 1 aliphatic heterocycles. The van der Waals surface area contributed by atoms with Crippen molar-refractivity contribution >= 4 is 0 Å². The molecule has 1 fully saturated rings. The molecule has 2 aromatic carbocycles. The molecule has 26 heavy (non-hydrogen) atoms. The Balaban J connectivity index is 1.32. The van der Waals surface area contributed by atoms with Crippen molar-refractivity contribution in [1.82, 2.24) is 15.1 Å². The highest BCUT2D eigenvalue weighted by Crippen LogP contribution is 2.31. The Hall–Kier alpha value is -2.50. The summed E-state index contributed by atoms with van der Waals surface area (Å²) >= 11 is 0. The highest BCUT2D eigenvalue weighted by molar-refractivity contribution is 5.51. The van der Waals surface area contributed by atoms with Crippen molar-refractivity contribution in [3.05, 3.63) is 72.1 Å². The van der Waals surface area contributed by atoms with Crippen molar-refractivity contribution < 1.29 is 9.52 Å². The lowest BCUT2D eigenvalue weighted by Gasteiger charge is -2.33. The Labute approximate surface area is 153 Å². The number of likely N-dealkylation sites (tertiary alicyclic amines) is 1. The summed E-state index contributed by atoms with van der Waals surface area (Å²) < 4.78 is 5.80. The van der Waals surface area contributed by atoms with Crippen LogP contribution in [0.5, 0.6) is 0 Å². The predicted molar refractivity (Wildman–Crippen MR) is 99.1 cm³/mol. The van der Waals surface area contributed by atoms with E-state index in [9.17, 15) is 5.11 Å². The minimum absolute atomic E-state index is 0.302. The van der Waals surface area contributed by atoms with Gasteiger partial charge in [0.15, 0.2) is 0 Å². The Bertz CT molecular complexity index is 812. The predicted octanol–water partition coefficient (Wildman–Crippen LogP) is 3.68. The van der Waals surface area contributed by atoms with E-state index in [0.717, 1.165) is 37.1 Å². The fourth-order valence-corrected chi connectivity index (χ4v) is 3.56. The molecule has 0 bridgehead atoms. The number of hydrogen-bond donors (Lipinski definition) is 1. The van der Waals surface area contributed by atoms with Gasteiger partial charge in [-0.15, -0.1) is 10.2 Å². The van der Waals surface area contributed by atoms with Gasteiger partial charge in [0.2, 0.25) is 11.8 Å². The minimum atomic E-state index is -0.383. The van der Waals surface area contributed by atoms with Gasteiger partial charge in [0.25, 0.3) is 0 Å². The number of benzene rings is 2. The van der Waals surface area contributed by atoms with Crippen LogP contribution >= 0.6 is 0 Å². The van der Waals surface area contributed by atoms with Gasteiger partial charge in [-0.1, -0.05) is 48.5 Å². The van der Waals surface area contributed by atoms with E-state index in [1.54, 1.807) is 0 Å². The van der Waals surface area contributed by atoms with Gasteiger partial charge in [0, 0.05) is 5.56 Å². The van der Waals surface area contributed by atoms with Gasteiger partial charge in [-0.25, -0.2) is 0 Å². The maximum atomic E-state index is 10.6. The zero-order chi connectivity index (χ0) is 17.8. The quantitative estimate of drug-likeness (QED) is 0.761. The summed E-state index contributed by atoms with van der Waals surface area (Å²) in [6, 6.07) is 19.8. The average molecular weight is 349 g/mol. The lowest BCUT2D eigenvalue weighted by Crippen LogP contribution is -2.35. The molecule has 0 spiro atoms. The van der Waals surface area contributed by atoms with Gasteiger partial charge in [-0.2, -0.15) is 0 Å². The second-order valence-corrected chi connectivity index (χ2v) is 6.84. The van der Waals surface area contributed by atoms with Crippen molar-refractivity contribution in [3.63, 3.8) is 0 Å². The summed E-state index contributed by atoms with van der Waals surface area (Å²) in [6.07, 6.45) is 1.55. The normalized spacial score (nSPS) is 17.3. The van der Waals surface area contributed by atoms with Crippen LogP contribution < -0.4 is 0 Å². The van der Waals surface area contributed by atoms with E-state index in [4.69, 9.17) is 4.42 Å². The molecule has 5 heteroatoms. The van der Waals surface area contributed by atoms with Gasteiger partial charge >= 0.3 is 0 Å². The number of aliphatic hydroxyl groups excluding tert-OH is 1. The van der Waals surface area contributed by atoms with Crippen LogP contribution in [-0.2, 0) is 6.54 Å². The third-order valence-electron chi connectivity index (χ3n) is 5.07. The zero-order valence-electron chi connectivity index (χ0n) is 14.7. The second-order valence-electron chi connectivity index (χ2n) is 6.84. The number of piperidine rings is 1. The average Bonchev–Trinajstić information content (AvgIpc) is 3.18. The summed E-state index contributed by atoms with van der Waals surface area (Å²) in [5.74, 6) is 1.51. The van der Waals surface area contributed by atoms with Crippen LogP contribution in [0.15, 0.2) is 65.1 Å². The number of aliphatic hydroxyl groups is 1. The van der Waals surface area contributed by atoms with Crippen molar-refractivity contribution in [1.29, 1.82) is 0 Å². The van der Waals surface area contributed by atoms with Gasteiger partial charge in [0.1, 0.15) is 0 Å². The molecular formula is C21H23N3O2. The van der Waals surface area contributed by atoms with Crippen LogP contribution in [0.3, 0.4) is 0 Å². The van der Waals surface area contributed by atoms with E-state index >= 15 is 0 Å². The molecule has 1 atom stereocenters. The van der Waals surface area contributed by atoms with Crippen LogP contribution in [0.25, 0.3) is 11.5 Å². The van der Waals surface area contributed by atoms with Gasteiger partial charge in [0.05, 0.1) is 12.6 Å². The standard InChI is InChI=1S/C21H23N3O2/c25-20(16-7-3-1-4-8-16)17-11-13-24(14-12-17)15-19-22-23-21(26-19)18-9-5-2-6-10-18/h1-10,17,20,25H,11-15H2. The van der Waals surface area contributed by atoms with Crippen molar-refractivity contribution in [2.45, 2.75) is 25.5 Å². The molecule has 0 aliphatic carbocycles. The molecule has 1 N–H and O–H groups in total. The summed E-state index contributed by atoms with van der Waals surface area (Å²) in [5, 5.41) is 18.9. The highest BCUT2D eigenvalue weighted by atomic mass is 16.4. The summed E-state index contributed by atoms with van der Waals surface area (Å²) in [6.45, 7) is 2.52. The maximum absolute atomic E-state index is 10.6. The van der Waals surface area contributed by atoms with Gasteiger partial charge in [-0.3, -0.25) is 4.90 Å². The molecule has 1 unspecified atom stereocenters. The number of hydrogen-bond acceptors (Lipinski definition) is 5. The van der Waals surface area contributed by atoms with E-state index in [1.807, 2.05) is 60.7 Å². The largest absolute Gasteiger partial charge is 0.419 e. The van der Waals surface area contributed by atoms with E-state index in [-0.39, 0.29) is 6.10 Å². The van der Waals surface area contributed by atoms with Crippen LogP contribution in [0.2, 0.25) is 0 Å². The molecular weight excluding hydrogens is 326 g/mol. The monoisotopic (exact) mass is 349 g/mol. The van der Waals surface area contributed by atoms with Gasteiger partial charge < -0.3 is 9.52 Å². The van der Waals surface area contributed by atoms with Gasteiger partial charge in [-0.05, 0) is 49.5 Å². The Morgan fingerprint density at radius 3 is 2.31 bits per heavy atom. The number of aromatic nitrogens is 2. The maximum Gasteiger partial charge on any atom is 0.247 e. The molecule has 0 saturated carbocycles. The molecule has 3 aromatic rings. The fraction of sp³-hybridized carbons (Fsp3) is 0.333. The lowest BCUT2D eigenvalue weighted by atomic mass is 9.87. The van der Waals surface area contributed by atoms with E-state index in [1.165, 1.54) is 0 Å². The molecule has 2 heterocycles. The van der Waals surface area contributed by atoms with E-state index in [2.05, 4.69) is 15.1 Å². The Morgan fingerprint density at radius 2 is 1.62 bits per heavy atom. The molecule has 1 saturated heterocycles. The van der Waals surface area contributed by atoms with Crippen LogP contribution in [-0.4, -0.2) is 33.3 Å². The SMILES string of the molecule is OC(c1ccccc1)C1CCN(Cc2nnc(-c3ccccc3)o2)CC1. The smallest absolute Gasteiger partial charge is 0.247 e. The zero-order valence-corrected chi connectivity index (χ0v) is 14.7. The molecule has 134 valence electrons. The molecule has 0 radical (unpaired) electrons. The Morgan fingerprint density at radius 1 is 0.962 bits per heavy atom. The number of rotatable bonds is 5. The van der Waals surface area contributed by atoms with E-state index < -0.39 is 0 Å². The highest BCUT2D eigenvalue weighted by Gasteiger charge is 2.27. The molecule has 4 rings (SSSR count). The first-order valence-electron chi connectivity index (χ1n) is 9.13. The van der Waals surface area contributed by atoms with Crippen LogP contribution in [0.4, 0.5) is 0 Å². The molecule has 1 aromatic heterocycles.